The molecular weight excluding hydrogens is 604 g/mol. The van der Waals surface area contributed by atoms with Gasteiger partial charge in [0.15, 0.2) is 0 Å². The summed E-state index contributed by atoms with van der Waals surface area (Å²) < 4.78 is 6.25. The van der Waals surface area contributed by atoms with Gasteiger partial charge in [-0.05, 0) is 123 Å². The first kappa shape index (κ1) is 39.0. The number of ether oxygens (including phenoxy) is 1. The molecule has 5 saturated carbocycles. The maximum absolute atomic E-state index is 13.2. The summed E-state index contributed by atoms with van der Waals surface area (Å²) in [6, 6.07) is 0. The van der Waals surface area contributed by atoms with Crippen LogP contribution in [-0.4, -0.2) is 23.6 Å². The lowest BCUT2D eigenvalue weighted by atomic mass is 9.32. The van der Waals surface area contributed by atoms with Gasteiger partial charge in [0.05, 0.1) is 0 Å². The zero-order chi connectivity index (χ0) is 35.7. The number of Topliss-reactive ketones (excluding diaryl/α,β-unsaturated/α-hetero) is 2. The predicted octanol–water partition coefficient (Wildman–Crippen LogP) is 12.2. The van der Waals surface area contributed by atoms with E-state index in [0.29, 0.717) is 41.3 Å². The summed E-state index contributed by atoms with van der Waals surface area (Å²) in [4.78, 5) is 38.9. The number of rotatable bonds is 16. The molecule has 0 heterocycles. The Hall–Kier alpha value is -1.19. The third-order valence-electron chi connectivity index (χ3n) is 17.0. The molecule has 0 bridgehead atoms. The first-order chi connectivity index (χ1) is 23.1. The fourth-order valence-corrected chi connectivity index (χ4v) is 14.0. The molecule has 0 aromatic carbocycles. The highest BCUT2D eigenvalue weighted by molar-refractivity contribution is 5.95. The van der Waals surface area contributed by atoms with Crippen LogP contribution in [-0.2, 0) is 19.1 Å². The maximum Gasteiger partial charge on any atom is 0.313 e. The molecule has 0 spiro atoms. The first-order valence-corrected chi connectivity index (χ1v) is 21.4. The third-order valence-corrected chi connectivity index (χ3v) is 17.0. The average molecular weight is 681 g/mol. The zero-order valence-electron chi connectivity index (χ0n) is 33.4. The van der Waals surface area contributed by atoms with E-state index in [1.54, 1.807) is 0 Å². The van der Waals surface area contributed by atoms with E-state index in [1.165, 1.54) is 103 Å². The van der Waals surface area contributed by atoms with Crippen LogP contribution in [0.15, 0.2) is 0 Å². The van der Waals surface area contributed by atoms with Gasteiger partial charge in [0.25, 0.3) is 0 Å². The number of esters is 1. The van der Waals surface area contributed by atoms with E-state index in [0.717, 1.165) is 32.1 Å². The number of carbonyl (C=O) groups is 3. The number of ketones is 2. The molecule has 0 aliphatic heterocycles. The van der Waals surface area contributed by atoms with Crippen LogP contribution in [0.3, 0.4) is 0 Å². The Morgan fingerprint density at radius 3 is 1.90 bits per heavy atom. The minimum Gasteiger partial charge on any atom is -0.461 e. The minimum atomic E-state index is -0.301. The van der Waals surface area contributed by atoms with Gasteiger partial charge in [0.2, 0.25) is 0 Å². The van der Waals surface area contributed by atoms with Gasteiger partial charge in [-0.25, -0.2) is 0 Å². The molecule has 0 aromatic rings. The molecule has 280 valence electrons. The third kappa shape index (κ3) is 7.39. The van der Waals surface area contributed by atoms with Crippen molar-refractivity contribution in [3.8, 4) is 0 Å². The van der Waals surface area contributed by atoms with E-state index >= 15 is 0 Å². The second kappa shape index (κ2) is 15.4. The Kier molecular flexibility index (Phi) is 12.3. The highest BCUT2D eigenvalue weighted by Gasteiger charge is 2.70. The fraction of sp³-hybridized carbons (Fsp3) is 0.933. The SMILES string of the molecule is CCCCCCCCCCCCCC(=O)CC(=O)O[C@H]1CC[C@]2(C)[C@H]3CC[C@@H]4[C@H]5[C@H](C(C)=O)CC[C@]5(C)CC[C@@]4(C)[C@]3(C)CC[C@H]2C1(C)C. The zero-order valence-corrected chi connectivity index (χ0v) is 33.4. The lowest BCUT2D eigenvalue weighted by Crippen LogP contribution is -2.66. The van der Waals surface area contributed by atoms with E-state index in [2.05, 4.69) is 48.5 Å². The van der Waals surface area contributed by atoms with E-state index in [-0.39, 0.29) is 51.9 Å². The largest absolute Gasteiger partial charge is 0.461 e. The van der Waals surface area contributed by atoms with E-state index in [4.69, 9.17) is 4.74 Å². The maximum atomic E-state index is 13.2. The monoisotopic (exact) mass is 681 g/mol. The highest BCUT2D eigenvalue weighted by Crippen LogP contribution is 2.77. The summed E-state index contributed by atoms with van der Waals surface area (Å²) >= 11 is 0. The molecule has 4 nitrogen and oxygen atoms in total. The van der Waals surface area contributed by atoms with Crippen LogP contribution in [0.2, 0.25) is 0 Å². The molecule has 5 rings (SSSR count). The number of fused-ring (bicyclic) bond motifs is 7. The van der Waals surface area contributed by atoms with Gasteiger partial charge in [0, 0.05) is 17.8 Å². The van der Waals surface area contributed by atoms with Crippen LogP contribution < -0.4 is 0 Å². The molecule has 0 radical (unpaired) electrons. The smallest absolute Gasteiger partial charge is 0.313 e. The molecule has 5 aliphatic carbocycles. The topological polar surface area (TPSA) is 60.4 Å². The van der Waals surface area contributed by atoms with Gasteiger partial charge in [0.1, 0.15) is 24.1 Å². The van der Waals surface area contributed by atoms with Crippen molar-refractivity contribution in [1.82, 2.24) is 0 Å². The summed E-state index contributed by atoms with van der Waals surface area (Å²) in [5, 5.41) is 0. The Morgan fingerprint density at radius 1 is 0.633 bits per heavy atom. The van der Waals surface area contributed by atoms with Crippen molar-refractivity contribution in [3.63, 3.8) is 0 Å². The van der Waals surface area contributed by atoms with E-state index < -0.39 is 0 Å². The van der Waals surface area contributed by atoms with Crippen molar-refractivity contribution < 1.29 is 19.1 Å². The van der Waals surface area contributed by atoms with Crippen molar-refractivity contribution in [2.45, 2.75) is 209 Å². The van der Waals surface area contributed by atoms with Crippen molar-refractivity contribution in [2.24, 2.45) is 56.7 Å². The molecule has 0 aromatic heterocycles. The van der Waals surface area contributed by atoms with Crippen LogP contribution in [0, 0.1) is 56.7 Å². The van der Waals surface area contributed by atoms with Gasteiger partial charge < -0.3 is 4.74 Å². The molecule has 5 aliphatic rings. The van der Waals surface area contributed by atoms with Crippen molar-refractivity contribution in [1.29, 1.82) is 0 Å². The Morgan fingerprint density at radius 2 is 1.27 bits per heavy atom. The molecule has 0 unspecified atom stereocenters. The predicted molar refractivity (Wildman–Crippen MR) is 201 cm³/mol. The molecule has 4 heteroatoms. The molecular formula is C45H76O4. The second-order valence-electron chi connectivity index (χ2n) is 19.9. The van der Waals surface area contributed by atoms with Crippen molar-refractivity contribution in [3.05, 3.63) is 0 Å². The van der Waals surface area contributed by atoms with Crippen LogP contribution in [0.1, 0.15) is 203 Å². The lowest BCUT2D eigenvalue weighted by Gasteiger charge is -2.72. The normalized spacial score (nSPS) is 40.8. The summed E-state index contributed by atoms with van der Waals surface area (Å²) in [5.74, 6) is 2.81. The first-order valence-electron chi connectivity index (χ1n) is 21.4. The lowest BCUT2D eigenvalue weighted by molar-refractivity contribution is -0.249. The van der Waals surface area contributed by atoms with E-state index in [9.17, 15) is 14.4 Å². The molecule has 5 fully saturated rings. The summed E-state index contributed by atoms with van der Waals surface area (Å²) in [5.41, 5.74) is 0.981. The molecule has 0 saturated heterocycles. The van der Waals surface area contributed by atoms with Crippen LogP contribution in [0.25, 0.3) is 0 Å². The van der Waals surface area contributed by atoms with Gasteiger partial charge in [-0.15, -0.1) is 0 Å². The number of hydrogen-bond acceptors (Lipinski definition) is 4. The van der Waals surface area contributed by atoms with Gasteiger partial charge in [-0.1, -0.05) is 113 Å². The minimum absolute atomic E-state index is 0.0515. The van der Waals surface area contributed by atoms with Crippen LogP contribution in [0.4, 0.5) is 0 Å². The summed E-state index contributed by atoms with van der Waals surface area (Å²) in [6.45, 7) is 19.3. The molecule has 0 N–H and O–H groups in total. The standard InChI is InChI=1S/C45H76O4/c1-9-10-11-12-13-14-15-16-17-18-19-20-33(47)31-39(48)49-38-25-27-43(6)36(41(38,3)4)24-28-45(8)37(43)22-21-35-40-34(32(2)46)23-26-42(40,5)29-30-44(35,45)7/h34-38,40H,9-31H2,1-8H3/t34-,35+,36-,37+,38-,40+,42+,43-,44+,45+/m0/s1. The van der Waals surface area contributed by atoms with Gasteiger partial charge in [-0.2, -0.15) is 0 Å². The Labute approximate surface area is 301 Å². The number of hydrogen-bond donors (Lipinski definition) is 0. The highest BCUT2D eigenvalue weighted by atomic mass is 16.5. The van der Waals surface area contributed by atoms with Crippen LogP contribution in [0.5, 0.6) is 0 Å². The van der Waals surface area contributed by atoms with Crippen molar-refractivity contribution in [2.75, 3.05) is 0 Å². The fourth-order valence-electron chi connectivity index (χ4n) is 14.0. The van der Waals surface area contributed by atoms with Crippen molar-refractivity contribution >= 4 is 17.5 Å². The molecule has 10 atom stereocenters. The number of carbonyl (C=O) groups excluding carboxylic acids is 3. The second-order valence-corrected chi connectivity index (χ2v) is 19.9. The molecule has 49 heavy (non-hydrogen) atoms. The molecule has 0 amide bonds. The Bertz CT molecular complexity index is 1170. The average Bonchev–Trinajstić information content (AvgIpc) is 3.39. The van der Waals surface area contributed by atoms with Crippen LogP contribution >= 0.6 is 0 Å². The summed E-state index contributed by atoms with van der Waals surface area (Å²) in [6.07, 6.45) is 26.1. The Balaban J connectivity index is 1.13. The number of unbranched alkanes of at least 4 members (excludes halogenated alkanes) is 10. The van der Waals surface area contributed by atoms with Gasteiger partial charge in [-0.3, -0.25) is 14.4 Å². The van der Waals surface area contributed by atoms with E-state index in [1.807, 2.05) is 6.92 Å². The quantitative estimate of drug-likeness (QED) is 0.0925. The summed E-state index contributed by atoms with van der Waals surface area (Å²) in [7, 11) is 0. The van der Waals surface area contributed by atoms with Gasteiger partial charge >= 0.3 is 5.97 Å².